The quantitative estimate of drug-likeness (QED) is 0.502. The van der Waals surface area contributed by atoms with Crippen molar-refractivity contribution in [1.82, 2.24) is 25.4 Å². The Labute approximate surface area is 215 Å². The Bertz CT molecular complexity index is 1200. The molecule has 2 aromatic heterocycles. The summed E-state index contributed by atoms with van der Waals surface area (Å²) in [5.74, 6) is -1.26. The molecule has 3 fully saturated rings. The molecular weight excluding hydrogens is 510 g/mol. The highest BCUT2D eigenvalue weighted by atomic mass is 19.4. The summed E-state index contributed by atoms with van der Waals surface area (Å²) < 4.78 is 58.5. The van der Waals surface area contributed by atoms with Crippen LogP contribution in [0, 0.1) is 11.7 Å². The molecule has 3 atom stereocenters. The topological polar surface area (TPSA) is 120 Å². The Morgan fingerprint density at radius 1 is 1.16 bits per heavy atom. The molecule has 1 aliphatic carbocycles. The number of pyridine rings is 1. The maximum absolute atomic E-state index is 14.3. The van der Waals surface area contributed by atoms with E-state index >= 15 is 0 Å². The number of ether oxygens (including phenoxy) is 1. The van der Waals surface area contributed by atoms with E-state index in [1.54, 1.807) is 4.90 Å². The average molecular weight is 540 g/mol. The molecule has 2 bridgehead atoms. The number of aromatic amines is 1. The fourth-order valence-corrected chi connectivity index (χ4v) is 6.00. The zero-order chi connectivity index (χ0) is 27.2. The van der Waals surface area contributed by atoms with Crippen LogP contribution in [0.3, 0.4) is 0 Å². The highest BCUT2D eigenvalue weighted by Crippen LogP contribution is 2.42. The number of methoxy groups -OCH3 is 1. The Hall–Kier alpha value is -3.22. The van der Waals surface area contributed by atoms with Gasteiger partial charge in [-0.3, -0.25) is 14.7 Å². The summed E-state index contributed by atoms with van der Waals surface area (Å²) in [6.45, 7) is 0. The number of fused-ring (bicyclic) bond motifs is 2. The third-order valence-corrected chi connectivity index (χ3v) is 8.15. The van der Waals surface area contributed by atoms with Gasteiger partial charge in [0.05, 0.1) is 19.0 Å². The molecule has 2 aliphatic heterocycles. The minimum atomic E-state index is -4.69. The first-order chi connectivity index (χ1) is 18.0. The molecule has 0 unspecified atom stereocenters. The third kappa shape index (κ3) is 4.83. The van der Waals surface area contributed by atoms with Crippen molar-refractivity contribution >= 4 is 11.8 Å². The maximum Gasteiger partial charge on any atom is 0.417 e. The van der Waals surface area contributed by atoms with Crippen LogP contribution in [0.5, 0.6) is 5.88 Å². The number of piperidine rings is 1. The predicted octanol–water partition coefficient (Wildman–Crippen LogP) is 3.35. The molecule has 1 saturated carbocycles. The molecule has 5 rings (SSSR count). The Kier molecular flexibility index (Phi) is 6.82. The van der Waals surface area contributed by atoms with Crippen LogP contribution < -0.4 is 10.1 Å². The summed E-state index contributed by atoms with van der Waals surface area (Å²) in [7, 11) is 1.41. The zero-order valence-electron chi connectivity index (χ0n) is 20.7. The molecule has 4 heterocycles. The smallest absolute Gasteiger partial charge is 0.417 e. The van der Waals surface area contributed by atoms with Crippen molar-refractivity contribution in [3.8, 4) is 17.1 Å². The van der Waals surface area contributed by atoms with Crippen LogP contribution in [0.4, 0.5) is 17.6 Å². The number of carbonyl (C=O) groups is 2. The SMILES string of the molecule is COc1cc(-c2cc(C(=O)N3[C@@H]4CC[C@H]3C[C@H](C(=O)N[C@H]3CC[C@@](O)(C(F)(F)F)CC3)C4)n[nH]2)c(F)cn1. The second-order valence-corrected chi connectivity index (χ2v) is 10.5. The van der Waals surface area contributed by atoms with E-state index in [2.05, 4.69) is 20.5 Å². The van der Waals surface area contributed by atoms with Crippen molar-refractivity contribution in [3.63, 3.8) is 0 Å². The lowest BCUT2D eigenvalue weighted by molar-refractivity contribution is -0.270. The number of halogens is 4. The van der Waals surface area contributed by atoms with E-state index in [1.165, 1.54) is 19.2 Å². The standard InChI is InChI=1S/C25H29F4N5O4/c1-38-21-10-17(18(26)12-30-21)19-11-20(33-32-19)23(36)34-15-2-3-16(34)9-13(8-15)22(35)31-14-4-6-24(37,7-5-14)25(27,28)29/h10-16,37H,2-9H2,1H3,(H,31,35)(H,32,33)/t13-,14-,15-,16+,24-. The van der Waals surface area contributed by atoms with Crippen molar-refractivity contribution in [2.75, 3.05) is 7.11 Å². The van der Waals surface area contributed by atoms with Gasteiger partial charge in [-0.15, -0.1) is 0 Å². The van der Waals surface area contributed by atoms with Crippen molar-refractivity contribution < 1.29 is 37.0 Å². The fourth-order valence-electron chi connectivity index (χ4n) is 6.00. The molecule has 3 N–H and O–H groups in total. The average Bonchev–Trinajstić information content (AvgIpc) is 3.47. The number of hydrogen-bond acceptors (Lipinski definition) is 6. The van der Waals surface area contributed by atoms with Crippen LogP contribution in [-0.2, 0) is 4.79 Å². The lowest BCUT2D eigenvalue weighted by atomic mass is 9.81. The van der Waals surface area contributed by atoms with E-state index in [0.717, 1.165) is 19.0 Å². The van der Waals surface area contributed by atoms with Crippen LogP contribution in [0.1, 0.15) is 61.9 Å². The molecule has 2 saturated heterocycles. The highest BCUT2D eigenvalue weighted by Gasteiger charge is 2.55. The largest absolute Gasteiger partial charge is 0.481 e. The molecule has 0 aromatic carbocycles. The number of nitrogens with one attached hydrogen (secondary N) is 2. The number of rotatable bonds is 5. The van der Waals surface area contributed by atoms with Crippen molar-refractivity contribution in [1.29, 1.82) is 0 Å². The van der Waals surface area contributed by atoms with Gasteiger partial charge in [-0.25, -0.2) is 9.37 Å². The molecule has 13 heteroatoms. The first kappa shape index (κ1) is 26.4. The summed E-state index contributed by atoms with van der Waals surface area (Å²) in [5.41, 5.74) is -2.09. The van der Waals surface area contributed by atoms with Crippen molar-refractivity contribution in [2.45, 2.75) is 81.3 Å². The van der Waals surface area contributed by atoms with Gasteiger partial charge < -0.3 is 20.1 Å². The van der Waals surface area contributed by atoms with Crippen LogP contribution in [0.15, 0.2) is 18.3 Å². The van der Waals surface area contributed by atoms with Gasteiger partial charge in [-0.1, -0.05) is 0 Å². The third-order valence-electron chi connectivity index (χ3n) is 8.15. The van der Waals surface area contributed by atoms with E-state index in [1.807, 2.05) is 0 Å². The minimum Gasteiger partial charge on any atom is -0.481 e. The molecule has 38 heavy (non-hydrogen) atoms. The molecule has 0 radical (unpaired) electrons. The normalized spacial score (nSPS) is 29.3. The van der Waals surface area contributed by atoms with E-state index < -0.39 is 36.5 Å². The number of amides is 2. The number of carbonyl (C=O) groups excluding carboxylic acids is 2. The van der Waals surface area contributed by atoms with Gasteiger partial charge in [-0.05, 0) is 57.4 Å². The summed E-state index contributed by atoms with van der Waals surface area (Å²) in [4.78, 5) is 31.9. The number of hydrogen-bond donors (Lipinski definition) is 3. The van der Waals surface area contributed by atoms with Gasteiger partial charge >= 0.3 is 6.18 Å². The van der Waals surface area contributed by atoms with E-state index in [0.29, 0.717) is 18.5 Å². The van der Waals surface area contributed by atoms with E-state index in [4.69, 9.17) is 4.74 Å². The fraction of sp³-hybridized carbons (Fsp3) is 0.600. The van der Waals surface area contributed by atoms with E-state index in [-0.39, 0.29) is 59.8 Å². The maximum atomic E-state index is 14.3. The van der Waals surface area contributed by atoms with Gasteiger partial charge in [0.1, 0.15) is 0 Å². The van der Waals surface area contributed by atoms with Crippen LogP contribution >= 0.6 is 0 Å². The summed E-state index contributed by atoms with van der Waals surface area (Å²) in [6, 6.07) is 2.12. The second-order valence-electron chi connectivity index (χ2n) is 10.5. The van der Waals surface area contributed by atoms with Crippen LogP contribution in [0.2, 0.25) is 0 Å². The first-order valence-corrected chi connectivity index (χ1v) is 12.7. The Morgan fingerprint density at radius 2 is 1.82 bits per heavy atom. The lowest BCUT2D eigenvalue weighted by Crippen LogP contribution is -2.53. The predicted molar refractivity (Wildman–Crippen MR) is 125 cm³/mol. The monoisotopic (exact) mass is 539 g/mol. The van der Waals surface area contributed by atoms with Crippen molar-refractivity contribution in [3.05, 3.63) is 29.8 Å². The highest BCUT2D eigenvalue weighted by molar-refractivity contribution is 5.94. The number of H-pyrrole nitrogens is 1. The van der Waals surface area contributed by atoms with Gasteiger partial charge in [-0.2, -0.15) is 18.3 Å². The first-order valence-electron chi connectivity index (χ1n) is 12.7. The summed E-state index contributed by atoms with van der Waals surface area (Å²) >= 11 is 0. The van der Waals surface area contributed by atoms with Gasteiger partial charge in [0.25, 0.3) is 5.91 Å². The molecule has 2 amide bonds. The Balaban J connectivity index is 1.20. The number of nitrogens with zero attached hydrogens (tertiary/aromatic N) is 3. The van der Waals surface area contributed by atoms with Gasteiger partial charge in [0.2, 0.25) is 11.8 Å². The van der Waals surface area contributed by atoms with Crippen molar-refractivity contribution in [2.24, 2.45) is 5.92 Å². The molecular formula is C25H29F4N5O4. The molecule has 2 aromatic rings. The summed E-state index contributed by atoms with van der Waals surface area (Å²) in [5, 5.41) is 19.5. The molecule has 3 aliphatic rings. The zero-order valence-corrected chi connectivity index (χ0v) is 20.7. The number of aliphatic hydroxyl groups is 1. The second kappa shape index (κ2) is 9.83. The van der Waals surface area contributed by atoms with Crippen LogP contribution in [0.25, 0.3) is 11.3 Å². The van der Waals surface area contributed by atoms with Crippen LogP contribution in [-0.4, -0.2) is 74.0 Å². The number of aromatic nitrogens is 3. The van der Waals surface area contributed by atoms with E-state index in [9.17, 15) is 32.3 Å². The lowest BCUT2D eigenvalue weighted by Gasteiger charge is -2.40. The molecule has 0 spiro atoms. The van der Waals surface area contributed by atoms with Gasteiger partial charge in [0.15, 0.2) is 17.1 Å². The van der Waals surface area contributed by atoms with Gasteiger partial charge in [0, 0.05) is 35.7 Å². The summed E-state index contributed by atoms with van der Waals surface area (Å²) in [6.07, 6.45) is -2.09. The molecule has 206 valence electrons. The Morgan fingerprint density at radius 3 is 2.42 bits per heavy atom. The number of alkyl halides is 3. The minimum absolute atomic E-state index is 0.0530. The molecule has 9 nitrogen and oxygen atoms in total.